The van der Waals surface area contributed by atoms with E-state index < -0.39 is 12.1 Å². The fourth-order valence-corrected chi connectivity index (χ4v) is 2.59. The highest BCUT2D eigenvalue weighted by molar-refractivity contribution is 5.90. The van der Waals surface area contributed by atoms with E-state index in [9.17, 15) is 9.59 Å². The molecule has 1 N–H and O–H groups in total. The number of imide groups is 1. The third kappa shape index (κ3) is 6.79. The van der Waals surface area contributed by atoms with E-state index in [-0.39, 0.29) is 19.1 Å². The molecule has 1 aliphatic rings. The summed E-state index contributed by atoms with van der Waals surface area (Å²) in [4.78, 5) is 25.2. The number of amides is 3. The molecule has 0 aliphatic heterocycles. The Labute approximate surface area is 132 Å². The highest BCUT2D eigenvalue weighted by atomic mass is 16.6. The number of nitrogens with zero attached hydrogens (tertiary/aromatic N) is 2. The Morgan fingerprint density at radius 3 is 2.59 bits per heavy atom. The summed E-state index contributed by atoms with van der Waals surface area (Å²) in [5, 5.41) is 11.0. The quantitative estimate of drug-likeness (QED) is 0.763. The van der Waals surface area contributed by atoms with E-state index in [1.54, 1.807) is 0 Å². The van der Waals surface area contributed by atoms with Gasteiger partial charge < -0.3 is 10.1 Å². The van der Waals surface area contributed by atoms with Gasteiger partial charge in [-0.05, 0) is 18.3 Å². The maximum Gasteiger partial charge on any atom is 0.417 e. The molecule has 124 valence electrons. The zero-order valence-corrected chi connectivity index (χ0v) is 13.6. The van der Waals surface area contributed by atoms with Crippen LogP contribution in [0.2, 0.25) is 0 Å². The van der Waals surface area contributed by atoms with Crippen molar-refractivity contribution in [3.8, 4) is 6.07 Å². The SMILES string of the molecule is CC(C)COC(=O)N(CCC1CCCCC1)C(=O)NCC#N. The summed E-state index contributed by atoms with van der Waals surface area (Å²) in [6.45, 7) is 4.39. The number of hydrogen-bond donors (Lipinski definition) is 1. The molecule has 0 aromatic carbocycles. The lowest BCUT2D eigenvalue weighted by molar-refractivity contribution is 0.0972. The molecule has 0 aromatic heterocycles. The molecule has 0 bridgehead atoms. The monoisotopic (exact) mass is 309 g/mol. The summed E-state index contributed by atoms with van der Waals surface area (Å²) < 4.78 is 5.15. The summed E-state index contributed by atoms with van der Waals surface area (Å²) in [6, 6.07) is 1.29. The number of ether oxygens (including phenoxy) is 1. The van der Waals surface area contributed by atoms with Crippen LogP contribution >= 0.6 is 0 Å². The van der Waals surface area contributed by atoms with E-state index in [1.807, 2.05) is 19.9 Å². The lowest BCUT2D eigenvalue weighted by Gasteiger charge is -2.25. The molecule has 0 atom stereocenters. The van der Waals surface area contributed by atoms with E-state index in [2.05, 4.69) is 5.32 Å². The van der Waals surface area contributed by atoms with Gasteiger partial charge in [0, 0.05) is 6.54 Å². The van der Waals surface area contributed by atoms with Crippen LogP contribution in [0, 0.1) is 23.2 Å². The Hall–Kier alpha value is -1.77. The van der Waals surface area contributed by atoms with E-state index >= 15 is 0 Å². The number of hydrogen-bond acceptors (Lipinski definition) is 4. The first-order chi connectivity index (χ1) is 10.5. The van der Waals surface area contributed by atoms with Crippen molar-refractivity contribution in [1.29, 1.82) is 5.26 Å². The van der Waals surface area contributed by atoms with E-state index in [0.29, 0.717) is 12.5 Å². The molecule has 1 fully saturated rings. The molecule has 6 nitrogen and oxygen atoms in total. The van der Waals surface area contributed by atoms with Gasteiger partial charge in [-0.2, -0.15) is 5.26 Å². The maximum atomic E-state index is 12.1. The molecule has 0 radical (unpaired) electrons. The summed E-state index contributed by atoms with van der Waals surface area (Å²) in [7, 11) is 0. The zero-order valence-electron chi connectivity index (χ0n) is 13.6. The smallest absolute Gasteiger partial charge is 0.417 e. The minimum absolute atomic E-state index is 0.115. The van der Waals surface area contributed by atoms with Crippen LogP contribution in [0.3, 0.4) is 0 Å². The topological polar surface area (TPSA) is 82.4 Å². The van der Waals surface area contributed by atoms with E-state index in [4.69, 9.17) is 10.00 Å². The second kappa shape index (κ2) is 10.0. The summed E-state index contributed by atoms with van der Waals surface area (Å²) >= 11 is 0. The third-order valence-corrected chi connectivity index (χ3v) is 3.81. The molecule has 0 saturated heterocycles. The van der Waals surface area contributed by atoms with Gasteiger partial charge in [0.1, 0.15) is 6.54 Å². The number of urea groups is 1. The minimum Gasteiger partial charge on any atom is -0.449 e. The normalized spacial score (nSPS) is 15.2. The second-order valence-corrected chi connectivity index (χ2v) is 6.23. The van der Waals surface area contributed by atoms with Crippen LogP contribution in [-0.2, 0) is 4.74 Å². The molecule has 0 heterocycles. The van der Waals surface area contributed by atoms with Crippen LogP contribution in [0.4, 0.5) is 9.59 Å². The standard InChI is InChI=1S/C16H27N3O3/c1-13(2)12-22-16(21)19(15(20)18-10-9-17)11-8-14-6-4-3-5-7-14/h13-14H,3-8,10-12H2,1-2H3,(H,18,20). The third-order valence-electron chi connectivity index (χ3n) is 3.81. The largest absolute Gasteiger partial charge is 0.449 e. The fraction of sp³-hybridized carbons (Fsp3) is 0.812. The van der Waals surface area contributed by atoms with Crippen LogP contribution in [-0.4, -0.2) is 36.7 Å². The van der Waals surface area contributed by atoms with Crippen LogP contribution in [0.25, 0.3) is 0 Å². The first-order valence-corrected chi connectivity index (χ1v) is 8.13. The highest BCUT2D eigenvalue weighted by Gasteiger charge is 2.24. The van der Waals surface area contributed by atoms with Crippen molar-refractivity contribution in [2.75, 3.05) is 19.7 Å². The summed E-state index contributed by atoms with van der Waals surface area (Å²) in [6.07, 6.45) is 6.23. The van der Waals surface area contributed by atoms with Crippen molar-refractivity contribution in [3.63, 3.8) is 0 Å². The van der Waals surface area contributed by atoms with Crippen molar-refractivity contribution >= 4 is 12.1 Å². The second-order valence-electron chi connectivity index (χ2n) is 6.23. The lowest BCUT2D eigenvalue weighted by Crippen LogP contribution is -2.45. The van der Waals surface area contributed by atoms with Crippen LogP contribution in [0.1, 0.15) is 52.4 Å². The van der Waals surface area contributed by atoms with E-state index in [0.717, 1.165) is 24.2 Å². The zero-order chi connectivity index (χ0) is 16.4. The van der Waals surface area contributed by atoms with Gasteiger partial charge in [-0.1, -0.05) is 46.0 Å². The predicted octanol–water partition coefficient (Wildman–Crippen LogP) is 3.28. The summed E-state index contributed by atoms with van der Waals surface area (Å²) in [5.74, 6) is 0.782. The minimum atomic E-state index is -0.625. The molecule has 0 aromatic rings. The van der Waals surface area contributed by atoms with Gasteiger partial charge in [0.05, 0.1) is 12.7 Å². The van der Waals surface area contributed by atoms with Crippen molar-refractivity contribution in [3.05, 3.63) is 0 Å². The summed E-state index contributed by atoms with van der Waals surface area (Å²) in [5.41, 5.74) is 0. The number of carbonyl (C=O) groups excluding carboxylic acids is 2. The number of rotatable bonds is 6. The van der Waals surface area contributed by atoms with E-state index in [1.165, 1.54) is 19.3 Å². The van der Waals surface area contributed by atoms with Gasteiger partial charge >= 0.3 is 12.1 Å². The van der Waals surface area contributed by atoms with Crippen LogP contribution < -0.4 is 5.32 Å². The number of nitrogens with one attached hydrogen (secondary N) is 1. The predicted molar refractivity (Wildman–Crippen MR) is 83.1 cm³/mol. The maximum absolute atomic E-state index is 12.1. The Kier molecular flexibility index (Phi) is 8.34. The molecule has 6 heteroatoms. The van der Waals surface area contributed by atoms with Crippen molar-refractivity contribution in [1.82, 2.24) is 10.2 Å². The first kappa shape index (κ1) is 18.3. The Morgan fingerprint density at radius 2 is 2.00 bits per heavy atom. The lowest BCUT2D eigenvalue weighted by atomic mass is 9.87. The van der Waals surface area contributed by atoms with Gasteiger partial charge in [-0.25, -0.2) is 14.5 Å². The number of nitriles is 1. The Morgan fingerprint density at radius 1 is 1.32 bits per heavy atom. The molecule has 0 spiro atoms. The Bertz CT molecular complexity index is 398. The molecule has 0 unspecified atom stereocenters. The van der Waals surface area contributed by atoms with Gasteiger partial charge in [0.25, 0.3) is 0 Å². The molecule has 3 amide bonds. The van der Waals surface area contributed by atoms with Crippen molar-refractivity contribution in [2.24, 2.45) is 11.8 Å². The van der Waals surface area contributed by atoms with Gasteiger partial charge in [-0.3, -0.25) is 0 Å². The molecule has 22 heavy (non-hydrogen) atoms. The van der Waals surface area contributed by atoms with Gasteiger partial charge in [0.2, 0.25) is 0 Å². The molecular weight excluding hydrogens is 282 g/mol. The first-order valence-electron chi connectivity index (χ1n) is 8.13. The highest BCUT2D eigenvalue weighted by Crippen LogP contribution is 2.26. The van der Waals surface area contributed by atoms with Gasteiger partial charge in [0.15, 0.2) is 0 Å². The Balaban J connectivity index is 2.53. The van der Waals surface area contributed by atoms with Crippen molar-refractivity contribution < 1.29 is 14.3 Å². The van der Waals surface area contributed by atoms with Crippen LogP contribution in [0.15, 0.2) is 0 Å². The average Bonchev–Trinajstić information content (AvgIpc) is 2.52. The molecule has 1 saturated carbocycles. The van der Waals surface area contributed by atoms with Crippen LogP contribution in [0.5, 0.6) is 0 Å². The van der Waals surface area contributed by atoms with Gasteiger partial charge in [-0.15, -0.1) is 0 Å². The molecule has 1 rings (SSSR count). The van der Waals surface area contributed by atoms with Crippen molar-refractivity contribution in [2.45, 2.75) is 52.4 Å². The molecular formula is C16H27N3O3. The number of carbonyl (C=O) groups is 2. The average molecular weight is 309 g/mol. The fourth-order valence-electron chi connectivity index (χ4n) is 2.59. The molecule has 1 aliphatic carbocycles.